The molecule has 1 atom stereocenters. The second-order valence-electron chi connectivity index (χ2n) is 6.01. The van der Waals surface area contributed by atoms with E-state index < -0.39 is 23.8 Å². The van der Waals surface area contributed by atoms with E-state index in [1.54, 1.807) is 19.1 Å². The van der Waals surface area contributed by atoms with Crippen LogP contribution in [0.15, 0.2) is 46.9 Å². The molecule has 0 aliphatic rings. The zero-order valence-corrected chi connectivity index (χ0v) is 15.1. The van der Waals surface area contributed by atoms with Crippen LogP contribution in [0.1, 0.15) is 18.2 Å². The molecule has 0 fully saturated rings. The van der Waals surface area contributed by atoms with Crippen molar-refractivity contribution in [3.05, 3.63) is 58.8 Å². The largest absolute Gasteiger partial charge is 0.481 e. The summed E-state index contributed by atoms with van der Waals surface area (Å²) in [6.45, 7) is 3.22. The Kier molecular flexibility index (Phi) is 5.06. The lowest BCUT2D eigenvalue weighted by atomic mass is 10.2. The van der Waals surface area contributed by atoms with Crippen LogP contribution in [0.25, 0.3) is 11.0 Å². The highest BCUT2D eigenvalue weighted by atomic mass is 35.5. The Morgan fingerprint density at radius 3 is 2.67 bits per heavy atom. The van der Waals surface area contributed by atoms with Crippen molar-refractivity contribution in [3.8, 4) is 5.75 Å². The summed E-state index contributed by atoms with van der Waals surface area (Å²) in [6.07, 6.45) is -5.51. The van der Waals surface area contributed by atoms with E-state index >= 15 is 0 Å². The second kappa shape index (κ2) is 7.15. The van der Waals surface area contributed by atoms with Crippen molar-refractivity contribution in [1.29, 1.82) is 0 Å². The van der Waals surface area contributed by atoms with E-state index in [9.17, 15) is 18.0 Å². The maximum atomic E-state index is 12.8. The lowest BCUT2D eigenvalue weighted by Crippen LogP contribution is -2.30. The quantitative estimate of drug-likeness (QED) is 0.603. The SMILES string of the molecule is Cc1cc2cc(NC(=O)[C@H](C)Oc3cccc(C(F)(F)F)c3)cc(Cl)c2o1. The average Bonchev–Trinajstić information content (AvgIpc) is 2.95. The molecule has 3 aromatic rings. The van der Waals surface area contributed by atoms with Gasteiger partial charge in [0.15, 0.2) is 11.7 Å². The number of hydrogen-bond donors (Lipinski definition) is 1. The van der Waals surface area contributed by atoms with Crippen LogP contribution in [-0.4, -0.2) is 12.0 Å². The van der Waals surface area contributed by atoms with Crippen molar-refractivity contribution in [1.82, 2.24) is 0 Å². The maximum Gasteiger partial charge on any atom is 0.416 e. The van der Waals surface area contributed by atoms with E-state index in [0.717, 1.165) is 17.5 Å². The Labute approximate surface area is 157 Å². The van der Waals surface area contributed by atoms with Gasteiger partial charge < -0.3 is 14.5 Å². The van der Waals surface area contributed by atoms with Crippen LogP contribution in [0.4, 0.5) is 18.9 Å². The number of ether oxygens (including phenoxy) is 1. The Morgan fingerprint density at radius 1 is 1.22 bits per heavy atom. The lowest BCUT2D eigenvalue weighted by molar-refractivity contribution is -0.137. The first kappa shape index (κ1) is 19.1. The fraction of sp³-hybridized carbons (Fsp3) is 0.211. The molecule has 1 aromatic heterocycles. The van der Waals surface area contributed by atoms with Crippen LogP contribution in [0.2, 0.25) is 5.02 Å². The smallest absolute Gasteiger partial charge is 0.416 e. The lowest BCUT2D eigenvalue weighted by Gasteiger charge is -2.16. The van der Waals surface area contributed by atoms with Crippen molar-refractivity contribution in [2.45, 2.75) is 26.1 Å². The van der Waals surface area contributed by atoms with Crippen LogP contribution in [0, 0.1) is 6.92 Å². The van der Waals surface area contributed by atoms with Crippen molar-refractivity contribution in [2.75, 3.05) is 5.32 Å². The molecular formula is C19H15ClF3NO3. The molecule has 0 spiro atoms. The number of benzene rings is 2. The predicted octanol–water partition coefficient (Wildman–Crippen LogP) is 5.82. The second-order valence-corrected chi connectivity index (χ2v) is 6.42. The number of amides is 1. The third-order valence-corrected chi connectivity index (χ3v) is 4.09. The van der Waals surface area contributed by atoms with Gasteiger partial charge in [-0.1, -0.05) is 17.7 Å². The summed E-state index contributed by atoms with van der Waals surface area (Å²) in [5.41, 5.74) is 0.0957. The molecule has 0 saturated carbocycles. The number of halogens is 4. The molecule has 1 amide bonds. The first-order chi connectivity index (χ1) is 12.6. The van der Waals surface area contributed by atoms with Gasteiger partial charge in [0.2, 0.25) is 0 Å². The summed E-state index contributed by atoms with van der Waals surface area (Å²) in [5.74, 6) is 0.103. The Morgan fingerprint density at radius 2 is 1.96 bits per heavy atom. The van der Waals surface area contributed by atoms with E-state index in [4.69, 9.17) is 20.8 Å². The van der Waals surface area contributed by atoms with Gasteiger partial charge in [0, 0.05) is 11.1 Å². The minimum absolute atomic E-state index is 0.0496. The highest BCUT2D eigenvalue weighted by Crippen LogP contribution is 2.32. The van der Waals surface area contributed by atoms with Crippen molar-refractivity contribution in [3.63, 3.8) is 0 Å². The molecule has 4 nitrogen and oxygen atoms in total. The number of fused-ring (bicyclic) bond motifs is 1. The number of hydrogen-bond acceptors (Lipinski definition) is 3. The number of anilines is 1. The molecule has 1 heterocycles. The van der Waals surface area contributed by atoms with Gasteiger partial charge in [-0.3, -0.25) is 4.79 Å². The van der Waals surface area contributed by atoms with E-state index in [-0.39, 0.29) is 5.75 Å². The molecule has 0 radical (unpaired) electrons. The van der Waals surface area contributed by atoms with Gasteiger partial charge in [-0.05, 0) is 50.2 Å². The van der Waals surface area contributed by atoms with E-state index in [2.05, 4.69) is 5.32 Å². The number of alkyl halides is 3. The zero-order valence-electron chi connectivity index (χ0n) is 14.4. The van der Waals surface area contributed by atoms with E-state index in [1.165, 1.54) is 25.1 Å². The number of carbonyl (C=O) groups excluding carboxylic acids is 1. The zero-order chi connectivity index (χ0) is 19.8. The molecule has 27 heavy (non-hydrogen) atoms. The normalized spacial score (nSPS) is 12.8. The first-order valence-electron chi connectivity index (χ1n) is 7.98. The number of rotatable bonds is 4. The van der Waals surface area contributed by atoms with Gasteiger partial charge in [-0.25, -0.2) is 0 Å². The summed E-state index contributed by atoms with van der Waals surface area (Å²) in [4.78, 5) is 12.3. The molecule has 0 aliphatic heterocycles. The standard InChI is InChI=1S/C19H15ClF3NO3/c1-10-6-12-7-14(9-16(20)17(12)26-10)24-18(25)11(2)27-15-5-3-4-13(8-15)19(21,22)23/h3-9,11H,1-2H3,(H,24,25)/t11-/m0/s1. The van der Waals surface area contributed by atoms with E-state index in [0.29, 0.717) is 22.1 Å². The van der Waals surface area contributed by atoms with Gasteiger partial charge in [0.25, 0.3) is 5.91 Å². The minimum Gasteiger partial charge on any atom is -0.481 e. The number of carbonyl (C=O) groups is 1. The van der Waals surface area contributed by atoms with Crippen LogP contribution < -0.4 is 10.1 Å². The average molecular weight is 398 g/mol. The number of nitrogens with one attached hydrogen (secondary N) is 1. The number of aryl methyl sites for hydroxylation is 1. The third kappa shape index (κ3) is 4.36. The summed E-state index contributed by atoms with van der Waals surface area (Å²) in [5, 5.41) is 3.70. The summed E-state index contributed by atoms with van der Waals surface area (Å²) in [6, 6.07) is 9.35. The molecule has 142 valence electrons. The van der Waals surface area contributed by atoms with Crippen molar-refractivity contribution in [2.24, 2.45) is 0 Å². The fourth-order valence-electron chi connectivity index (χ4n) is 2.56. The minimum atomic E-state index is -4.49. The third-order valence-electron chi connectivity index (χ3n) is 3.81. The molecule has 2 aromatic carbocycles. The van der Waals surface area contributed by atoms with E-state index in [1.807, 2.05) is 0 Å². The molecule has 3 rings (SSSR count). The van der Waals surface area contributed by atoms with Crippen LogP contribution in [0.3, 0.4) is 0 Å². The molecule has 8 heteroatoms. The molecule has 1 N–H and O–H groups in total. The van der Waals surface area contributed by atoms with Gasteiger partial charge in [-0.15, -0.1) is 0 Å². The van der Waals surface area contributed by atoms with Crippen LogP contribution >= 0.6 is 11.6 Å². The van der Waals surface area contributed by atoms with Gasteiger partial charge in [-0.2, -0.15) is 13.2 Å². The maximum absolute atomic E-state index is 12.8. The van der Waals surface area contributed by atoms with Crippen molar-refractivity contribution >= 4 is 34.2 Å². The van der Waals surface area contributed by atoms with Crippen LogP contribution in [-0.2, 0) is 11.0 Å². The monoisotopic (exact) mass is 397 g/mol. The summed E-state index contributed by atoms with van der Waals surface area (Å²) in [7, 11) is 0. The predicted molar refractivity (Wildman–Crippen MR) is 96.1 cm³/mol. The summed E-state index contributed by atoms with van der Waals surface area (Å²) >= 11 is 6.15. The first-order valence-corrected chi connectivity index (χ1v) is 8.36. The molecule has 0 unspecified atom stereocenters. The molecule has 0 aliphatic carbocycles. The van der Waals surface area contributed by atoms with Gasteiger partial charge in [0.05, 0.1) is 10.6 Å². The Balaban J connectivity index is 1.73. The molecule has 0 saturated heterocycles. The van der Waals surface area contributed by atoms with Gasteiger partial charge >= 0.3 is 6.18 Å². The Hall–Kier alpha value is -2.67. The fourth-order valence-corrected chi connectivity index (χ4v) is 2.82. The molecular weight excluding hydrogens is 383 g/mol. The number of furan rings is 1. The van der Waals surface area contributed by atoms with Gasteiger partial charge in [0.1, 0.15) is 11.5 Å². The Bertz CT molecular complexity index is 998. The highest BCUT2D eigenvalue weighted by molar-refractivity contribution is 6.35. The summed E-state index contributed by atoms with van der Waals surface area (Å²) < 4.78 is 49.1. The topological polar surface area (TPSA) is 51.5 Å². The van der Waals surface area contributed by atoms with Crippen LogP contribution in [0.5, 0.6) is 5.75 Å². The highest BCUT2D eigenvalue weighted by Gasteiger charge is 2.31. The molecule has 0 bridgehead atoms. The van der Waals surface area contributed by atoms with Crippen molar-refractivity contribution < 1.29 is 27.1 Å².